The van der Waals surface area contributed by atoms with E-state index in [1.54, 1.807) is 12.1 Å². The Balaban J connectivity index is 1.50. The van der Waals surface area contributed by atoms with E-state index in [0.717, 1.165) is 11.1 Å². The third-order valence-corrected chi connectivity index (χ3v) is 5.52. The van der Waals surface area contributed by atoms with Crippen LogP contribution in [-0.4, -0.2) is 37.0 Å². The second-order valence-electron chi connectivity index (χ2n) is 7.87. The topological polar surface area (TPSA) is 54.0 Å². The first kappa shape index (κ1) is 22.2. The lowest BCUT2D eigenvalue weighted by Crippen LogP contribution is -2.55. The van der Waals surface area contributed by atoms with Gasteiger partial charge in [0.1, 0.15) is 12.2 Å². The van der Waals surface area contributed by atoms with Crippen molar-refractivity contribution in [3.63, 3.8) is 0 Å². The first-order valence-corrected chi connectivity index (χ1v) is 10.9. The Kier molecular flexibility index (Phi) is 7.67. The summed E-state index contributed by atoms with van der Waals surface area (Å²) in [4.78, 5) is 12.8. The van der Waals surface area contributed by atoms with E-state index >= 15 is 0 Å². The van der Waals surface area contributed by atoms with Gasteiger partial charge in [0, 0.05) is 0 Å². The van der Waals surface area contributed by atoms with Crippen LogP contribution in [0.25, 0.3) is 0 Å². The lowest BCUT2D eigenvalue weighted by atomic mass is 10.00. The van der Waals surface area contributed by atoms with E-state index < -0.39 is 18.2 Å². The summed E-state index contributed by atoms with van der Waals surface area (Å²) in [6, 6.07) is 28.8. The zero-order valence-corrected chi connectivity index (χ0v) is 18.1. The second-order valence-corrected chi connectivity index (χ2v) is 7.87. The molecule has 0 aliphatic carbocycles. The highest BCUT2D eigenvalue weighted by Crippen LogP contribution is 2.26. The number of hydrogen-bond acceptors (Lipinski definition) is 5. The molecule has 0 N–H and O–H groups in total. The van der Waals surface area contributed by atoms with Crippen LogP contribution < -0.4 is 0 Å². The van der Waals surface area contributed by atoms with Crippen molar-refractivity contribution < 1.29 is 23.7 Å². The first-order chi connectivity index (χ1) is 15.7. The molecule has 0 unspecified atom stereocenters. The van der Waals surface area contributed by atoms with Crippen LogP contribution in [0, 0.1) is 0 Å². The van der Waals surface area contributed by atoms with Crippen molar-refractivity contribution in [1.29, 1.82) is 0 Å². The highest BCUT2D eigenvalue weighted by atomic mass is 16.6. The molecular weight excluding hydrogens is 404 g/mol. The summed E-state index contributed by atoms with van der Waals surface area (Å²) in [6.45, 7) is 3.08. The van der Waals surface area contributed by atoms with E-state index in [4.69, 9.17) is 18.9 Å². The molecule has 1 aliphatic heterocycles. The molecule has 166 valence electrons. The fraction of sp³-hybridized carbons (Fsp3) is 0.296. The Labute approximate surface area is 188 Å². The third-order valence-electron chi connectivity index (χ3n) is 5.52. The van der Waals surface area contributed by atoms with Crippen molar-refractivity contribution in [2.45, 2.75) is 44.6 Å². The van der Waals surface area contributed by atoms with E-state index in [1.165, 1.54) is 0 Å². The van der Waals surface area contributed by atoms with Gasteiger partial charge >= 0.3 is 5.97 Å². The Bertz CT molecular complexity index is 961. The van der Waals surface area contributed by atoms with Gasteiger partial charge in [0.15, 0.2) is 6.10 Å². The summed E-state index contributed by atoms with van der Waals surface area (Å²) in [5.74, 6) is -0.400. The highest BCUT2D eigenvalue weighted by molar-refractivity contribution is 5.89. The van der Waals surface area contributed by atoms with Crippen LogP contribution in [0.2, 0.25) is 0 Å². The zero-order valence-electron chi connectivity index (χ0n) is 18.1. The van der Waals surface area contributed by atoms with E-state index in [-0.39, 0.29) is 12.2 Å². The minimum atomic E-state index is -0.596. The molecule has 0 amide bonds. The SMILES string of the molecule is C[C@@H]1OC[C@@H](OCc2ccccc2)[C@H](OCc2ccccc2)[C@@H]1OC(=O)c1ccccc1. The van der Waals surface area contributed by atoms with Crippen LogP contribution in [-0.2, 0) is 32.2 Å². The molecule has 0 spiro atoms. The predicted molar refractivity (Wildman–Crippen MR) is 121 cm³/mol. The van der Waals surface area contributed by atoms with Crippen molar-refractivity contribution in [3.05, 3.63) is 108 Å². The van der Waals surface area contributed by atoms with Crippen LogP contribution in [0.1, 0.15) is 28.4 Å². The molecule has 4 atom stereocenters. The maximum atomic E-state index is 12.8. The van der Waals surface area contributed by atoms with Gasteiger partial charge in [0.2, 0.25) is 0 Å². The van der Waals surface area contributed by atoms with Gasteiger partial charge in [-0.2, -0.15) is 0 Å². The van der Waals surface area contributed by atoms with Gasteiger partial charge in [-0.1, -0.05) is 78.9 Å². The predicted octanol–water partition coefficient (Wildman–Crippen LogP) is 4.80. The fourth-order valence-corrected chi connectivity index (χ4v) is 3.73. The van der Waals surface area contributed by atoms with Gasteiger partial charge in [-0.15, -0.1) is 0 Å². The van der Waals surface area contributed by atoms with E-state index in [0.29, 0.717) is 25.4 Å². The molecule has 0 saturated carbocycles. The molecule has 1 saturated heterocycles. The maximum absolute atomic E-state index is 12.8. The molecule has 0 bridgehead atoms. The summed E-state index contributed by atoms with van der Waals surface area (Å²) in [6.07, 6.45) is -1.75. The summed E-state index contributed by atoms with van der Waals surface area (Å²) < 4.78 is 24.3. The zero-order chi connectivity index (χ0) is 22.2. The van der Waals surface area contributed by atoms with Crippen LogP contribution in [0.3, 0.4) is 0 Å². The number of benzene rings is 3. The van der Waals surface area contributed by atoms with Crippen LogP contribution in [0.5, 0.6) is 0 Å². The van der Waals surface area contributed by atoms with Gasteiger partial charge in [0.25, 0.3) is 0 Å². The molecule has 0 aromatic heterocycles. The molecule has 5 heteroatoms. The molecular formula is C27H28O5. The summed E-state index contributed by atoms with van der Waals surface area (Å²) in [5.41, 5.74) is 2.60. The van der Waals surface area contributed by atoms with Crippen molar-refractivity contribution >= 4 is 5.97 Å². The number of esters is 1. The van der Waals surface area contributed by atoms with E-state index in [2.05, 4.69) is 0 Å². The lowest BCUT2D eigenvalue weighted by Gasteiger charge is -2.40. The second kappa shape index (κ2) is 11.0. The highest BCUT2D eigenvalue weighted by Gasteiger charge is 2.43. The van der Waals surface area contributed by atoms with Crippen LogP contribution >= 0.6 is 0 Å². The summed E-state index contributed by atoms with van der Waals surface area (Å²) in [7, 11) is 0. The van der Waals surface area contributed by atoms with Gasteiger partial charge < -0.3 is 18.9 Å². The molecule has 3 aromatic carbocycles. The quantitative estimate of drug-likeness (QED) is 0.479. The van der Waals surface area contributed by atoms with Crippen molar-refractivity contribution in [2.24, 2.45) is 0 Å². The van der Waals surface area contributed by atoms with Crippen LogP contribution in [0.15, 0.2) is 91.0 Å². The van der Waals surface area contributed by atoms with E-state index in [1.807, 2.05) is 85.8 Å². The van der Waals surface area contributed by atoms with Crippen molar-refractivity contribution in [1.82, 2.24) is 0 Å². The molecule has 5 nitrogen and oxygen atoms in total. The van der Waals surface area contributed by atoms with Gasteiger partial charge in [-0.05, 0) is 30.2 Å². The Morgan fingerprint density at radius 1 is 0.781 bits per heavy atom. The Morgan fingerprint density at radius 3 is 1.91 bits per heavy atom. The molecule has 1 fully saturated rings. The van der Waals surface area contributed by atoms with Crippen molar-refractivity contribution in [3.8, 4) is 0 Å². The van der Waals surface area contributed by atoms with Gasteiger partial charge in [-0.3, -0.25) is 0 Å². The first-order valence-electron chi connectivity index (χ1n) is 10.9. The molecule has 0 radical (unpaired) electrons. The molecule has 1 aliphatic rings. The number of hydrogen-bond donors (Lipinski definition) is 0. The smallest absolute Gasteiger partial charge is 0.338 e. The normalized spacial score (nSPS) is 22.9. The maximum Gasteiger partial charge on any atom is 0.338 e. The van der Waals surface area contributed by atoms with Crippen molar-refractivity contribution in [2.75, 3.05) is 6.61 Å². The average Bonchev–Trinajstić information content (AvgIpc) is 2.85. The summed E-state index contributed by atoms with van der Waals surface area (Å²) in [5, 5.41) is 0. The standard InChI is InChI=1S/C27H28O5/c1-20-25(32-27(28)23-15-9-4-10-16-23)26(31-18-22-13-7-3-8-14-22)24(19-29-20)30-17-21-11-5-2-6-12-21/h2-16,20,24-26H,17-19H2,1H3/t20-,24+,25+,26-/m0/s1. The minimum Gasteiger partial charge on any atom is -0.453 e. The number of carbonyl (C=O) groups is 1. The Hall–Kier alpha value is -2.99. The summed E-state index contributed by atoms with van der Waals surface area (Å²) >= 11 is 0. The number of rotatable bonds is 8. The average molecular weight is 433 g/mol. The fourth-order valence-electron chi connectivity index (χ4n) is 3.73. The molecule has 1 heterocycles. The Morgan fingerprint density at radius 2 is 1.31 bits per heavy atom. The third kappa shape index (κ3) is 5.82. The largest absolute Gasteiger partial charge is 0.453 e. The van der Waals surface area contributed by atoms with Gasteiger partial charge in [0.05, 0.1) is 31.5 Å². The monoisotopic (exact) mass is 432 g/mol. The number of ether oxygens (including phenoxy) is 4. The number of carbonyl (C=O) groups excluding carboxylic acids is 1. The van der Waals surface area contributed by atoms with Crippen LogP contribution in [0.4, 0.5) is 0 Å². The molecule has 32 heavy (non-hydrogen) atoms. The lowest BCUT2D eigenvalue weighted by molar-refractivity contribution is -0.218. The van der Waals surface area contributed by atoms with Gasteiger partial charge in [-0.25, -0.2) is 4.79 Å². The molecule has 3 aromatic rings. The minimum absolute atomic E-state index is 0.319. The molecule has 4 rings (SSSR count). The van der Waals surface area contributed by atoms with E-state index in [9.17, 15) is 4.79 Å².